The average Bonchev–Trinajstić information content (AvgIpc) is 3.08. The quantitative estimate of drug-likeness (QED) is 0.397. The molecule has 0 bridgehead atoms. The number of hydrogen-bond donors (Lipinski definition) is 0. The van der Waals surface area contributed by atoms with Crippen molar-refractivity contribution in [2.75, 3.05) is 0 Å². The summed E-state index contributed by atoms with van der Waals surface area (Å²) < 4.78 is 6.77. The fourth-order valence-corrected chi connectivity index (χ4v) is 3.27. The molecule has 0 aromatic carbocycles. The molecule has 0 radical (unpaired) electrons. The minimum atomic E-state index is 0.913. The van der Waals surface area contributed by atoms with Crippen LogP contribution in [0, 0.1) is 0 Å². The Hall–Kier alpha value is -2.69. The highest BCUT2D eigenvalue weighted by molar-refractivity contribution is 5.83. The Kier molecular flexibility index (Phi) is 1.65. The molecule has 4 aromatic heterocycles. The van der Waals surface area contributed by atoms with E-state index in [-0.39, 0.29) is 0 Å². The molecule has 0 atom stereocenters. The molecule has 0 spiro atoms. The number of fused-ring (bicyclic) bond motifs is 7. The van der Waals surface area contributed by atoms with Gasteiger partial charge in [-0.25, -0.2) is 4.57 Å². The van der Waals surface area contributed by atoms with Gasteiger partial charge in [0.05, 0.1) is 17.3 Å². The summed E-state index contributed by atoms with van der Waals surface area (Å²) in [6.45, 7) is 0.913. The molecule has 0 saturated carbocycles. The summed E-state index contributed by atoms with van der Waals surface area (Å²) in [5.74, 6) is 1.20. The molecule has 0 saturated heterocycles. The van der Waals surface area contributed by atoms with Gasteiger partial charge in [-0.3, -0.25) is 9.97 Å². The molecule has 5 heterocycles. The van der Waals surface area contributed by atoms with Gasteiger partial charge in [-0.15, -0.1) is 0 Å². The number of pyridine rings is 2. The first-order valence-corrected chi connectivity index (χ1v) is 6.61. The van der Waals surface area contributed by atoms with Crippen molar-refractivity contribution < 1.29 is 4.57 Å². The minimum Gasteiger partial charge on any atom is -0.305 e. The molecule has 4 aromatic rings. The van der Waals surface area contributed by atoms with Gasteiger partial charge in [0.2, 0.25) is 5.65 Å². The third-order valence-corrected chi connectivity index (χ3v) is 4.20. The van der Waals surface area contributed by atoms with Crippen LogP contribution in [-0.4, -0.2) is 18.9 Å². The highest BCUT2D eigenvalue weighted by atomic mass is 15.2. The molecule has 5 rings (SSSR count). The number of aromatic nitrogens is 5. The van der Waals surface area contributed by atoms with E-state index in [1.54, 1.807) is 0 Å². The second kappa shape index (κ2) is 3.25. The van der Waals surface area contributed by atoms with Crippen LogP contribution in [0.2, 0.25) is 0 Å². The fourth-order valence-electron chi connectivity index (χ4n) is 3.27. The highest BCUT2D eigenvalue weighted by Crippen LogP contribution is 2.30. The van der Waals surface area contributed by atoms with Crippen molar-refractivity contribution in [3.8, 4) is 11.4 Å². The van der Waals surface area contributed by atoms with Crippen LogP contribution in [0.5, 0.6) is 0 Å². The summed E-state index contributed by atoms with van der Waals surface area (Å²) in [7, 11) is 2.09. The van der Waals surface area contributed by atoms with Crippen LogP contribution in [0.4, 0.5) is 0 Å². The van der Waals surface area contributed by atoms with E-state index in [0.29, 0.717) is 0 Å². The van der Waals surface area contributed by atoms with E-state index in [1.807, 2.05) is 24.8 Å². The maximum absolute atomic E-state index is 4.28. The van der Waals surface area contributed by atoms with Crippen molar-refractivity contribution in [2.45, 2.75) is 6.54 Å². The van der Waals surface area contributed by atoms with Gasteiger partial charge in [0.25, 0.3) is 5.82 Å². The molecule has 5 nitrogen and oxygen atoms in total. The summed E-state index contributed by atoms with van der Waals surface area (Å²) in [6, 6.07) is 4.15. The third kappa shape index (κ3) is 1.02. The monoisotopic (exact) mass is 262 g/mol. The second-order valence-electron chi connectivity index (χ2n) is 5.23. The lowest BCUT2D eigenvalue weighted by Gasteiger charge is -1.92. The van der Waals surface area contributed by atoms with Gasteiger partial charge in [0.1, 0.15) is 6.54 Å². The maximum atomic E-state index is 4.28. The molecule has 0 N–H and O–H groups in total. The van der Waals surface area contributed by atoms with E-state index >= 15 is 0 Å². The molecule has 0 fully saturated rings. The van der Waals surface area contributed by atoms with Crippen LogP contribution in [0.25, 0.3) is 28.1 Å². The van der Waals surface area contributed by atoms with Crippen molar-refractivity contribution >= 4 is 16.7 Å². The normalized spacial score (nSPS) is 13.1. The summed E-state index contributed by atoms with van der Waals surface area (Å²) in [4.78, 5) is 8.56. The Labute approximate surface area is 114 Å². The van der Waals surface area contributed by atoms with E-state index in [1.165, 1.54) is 28.1 Å². The van der Waals surface area contributed by atoms with Gasteiger partial charge < -0.3 is 4.57 Å². The zero-order valence-corrected chi connectivity index (χ0v) is 11.0. The first-order valence-electron chi connectivity index (χ1n) is 6.61. The summed E-state index contributed by atoms with van der Waals surface area (Å²) in [5, 5.41) is 0. The first-order chi connectivity index (χ1) is 9.84. The van der Waals surface area contributed by atoms with E-state index in [0.717, 1.165) is 12.1 Å². The lowest BCUT2D eigenvalue weighted by Crippen LogP contribution is -2.29. The van der Waals surface area contributed by atoms with E-state index < -0.39 is 0 Å². The fraction of sp³-hybridized carbons (Fsp3) is 0.133. The van der Waals surface area contributed by atoms with Crippen molar-refractivity contribution in [1.82, 2.24) is 18.9 Å². The van der Waals surface area contributed by atoms with E-state index in [9.17, 15) is 0 Å². The summed E-state index contributed by atoms with van der Waals surface area (Å²) in [5.41, 5.74) is 6.04. The van der Waals surface area contributed by atoms with Gasteiger partial charge in [0, 0.05) is 31.2 Å². The Morgan fingerprint density at radius 3 is 2.90 bits per heavy atom. The van der Waals surface area contributed by atoms with Gasteiger partial charge in [0.15, 0.2) is 11.7 Å². The van der Waals surface area contributed by atoms with Crippen LogP contribution in [0.15, 0.2) is 43.1 Å². The van der Waals surface area contributed by atoms with Crippen molar-refractivity contribution in [3.63, 3.8) is 0 Å². The average molecular weight is 262 g/mol. The maximum Gasteiger partial charge on any atom is 0.298 e. The van der Waals surface area contributed by atoms with Gasteiger partial charge in [-0.2, -0.15) is 4.40 Å². The summed E-state index contributed by atoms with van der Waals surface area (Å²) >= 11 is 0. The lowest BCUT2D eigenvalue weighted by atomic mass is 10.2. The number of imidazole rings is 2. The molecule has 96 valence electrons. The molecule has 1 aliphatic rings. The predicted molar refractivity (Wildman–Crippen MR) is 74.2 cm³/mol. The molecular weight excluding hydrogens is 250 g/mol. The molecular formula is C15H12N5+. The zero-order valence-electron chi connectivity index (χ0n) is 11.0. The van der Waals surface area contributed by atoms with Crippen molar-refractivity contribution in [3.05, 3.63) is 48.7 Å². The van der Waals surface area contributed by atoms with Gasteiger partial charge in [-0.1, -0.05) is 0 Å². The molecule has 0 unspecified atom stereocenters. The SMILES string of the molecule is Cn1c2ccncc2n2c3[n+](cc12)Cc1ccncc1-3. The lowest BCUT2D eigenvalue weighted by molar-refractivity contribution is -0.670. The molecule has 0 aliphatic carbocycles. The van der Waals surface area contributed by atoms with Gasteiger partial charge >= 0.3 is 0 Å². The van der Waals surface area contributed by atoms with Gasteiger partial charge in [-0.05, 0) is 12.1 Å². The van der Waals surface area contributed by atoms with Crippen LogP contribution in [0.1, 0.15) is 5.56 Å². The third-order valence-electron chi connectivity index (χ3n) is 4.20. The Bertz CT molecular complexity index is 992. The minimum absolute atomic E-state index is 0.913. The Morgan fingerprint density at radius 2 is 1.95 bits per heavy atom. The second-order valence-corrected chi connectivity index (χ2v) is 5.23. The Morgan fingerprint density at radius 1 is 1.10 bits per heavy atom. The van der Waals surface area contributed by atoms with E-state index in [2.05, 4.69) is 48.9 Å². The highest BCUT2D eigenvalue weighted by Gasteiger charge is 2.32. The standard InChI is InChI=1S/C15H12N5/c1-18-12-3-5-17-7-13(12)20-14(18)9-19-8-10-2-4-16-6-11(10)15(19)20/h2-7,9H,8H2,1H3/q+1. The number of hydrogen-bond acceptors (Lipinski definition) is 2. The smallest absolute Gasteiger partial charge is 0.298 e. The summed E-state index contributed by atoms with van der Waals surface area (Å²) in [6.07, 6.45) is 9.78. The molecule has 5 heteroatoms. The van der Waals surface area contributed by atoms with E-state index in [4.69, 9.17) is 0 Å². The Balaban J connectivity index is 2.03. The molecule has 0 amide bonds. The van der Waals surface area contributed by atoms with Crippen molar-refractivity contribution in [1.29, 1.82) is 0 Å². The predicted octanol–water partition coefficient (Wildman–Crippen LogP) is 1.54. The molecule has 20 heavy (non-hydrogen) atoms. The largest absolute Gasteiger partial charge is 0.305 e. The van der Waals surface area contributed by atoms with Crippen LogP contribution < -0.4 is 4.57 Å². The number of aryl methyl sites for hydroxylation is 1. The molecule has 1 aliphatic heterocycles. The van der Waals surface area contributed by atoms with Crippen LogP contribution >= 0.6 is 0 Å². The number of nitrogens with zero attached hydrogens (tertiary/aromatic N) is 5. The van der Waals surface area contributed by atoms with Crippen molar-refractivity contribution in [2.24, 2.45) is 7.05 Å². The van der Waals surface area contributed by atoms with Crippen LogP contribution in [0.3, 0.4) is 0 Å². The topological polar surface area (TPSA) is 39.0 Å². The zero-order chi connectivity index (χ0) is 13.3. The first kappa shape index (κ1) is 10.1. The van der Waals surface area contributed by atoms with Crippen LogP contribution in [-0.2, 0) is 13.6 Å². The number of rotatable bonds is 0.